The molecule has 6 atom stereocenters. The molecular formula is C18H27NO6. The van der Waals surface area contributed by atoms with Crippen molar-refractivity contribution in [2.45, 2.75) is 57.5 Å². The molecule has 3 aliphatic heterocycles. The number of rotatable bonds is 0. The topological polar surface area (TPSA) is 96.3 Å². The molecule has 0 aromatic rings. The summed E-state index contributed by atoms with van der Waals surface area (Å²) < 4.78 is 11.1. The Morgan fingerprint density at radius 3 is 2.64 bits per heavy atom. The summed E-state index contributed by atoms with van der Waals surface area (Å²) in [7, 11) is 0. The number of allylic oxidation sites excluding steroid dienone is 1. The molecular weight excluding hydrogens is 326 g/mol. The predicted molar refractivity (Wildman–Crippen MR) is 88.5 cm³/mol. The lowest BCUT2D eigenvalue weighted by atomic mass is 9.82. The fraction of sp³-hybridized carbons (Fsp3) is 0.778. The summed E-state index contributed by atoms with van der Waals surface area (Å²) in [6.07, 6.45) is 1.49. The van der Waals surface area contributed by atoms with Crippen LogP contribution in [0.2, 0.25) is 0 Å². The van der Waals surface area contributed by atoms with Gasteiger partial charge in [0.25, 0.3) is 0 Å². The minimum Gasteiger partial charge on any atom is -0.463 e. The van der Waals surface area contributed by atoms with Gasteiger partial charge in [-0.15, -0.1) is 0 Å². The minimum absolute atomic E-state index is 0.0220. The second kappa shape index (κ2) is 6.70. The Balaban J connectivity index is 1.94. The molecule has 0 spiro atoms. The molecule has 3 rings (SSSR count). The van der Waals surface area contributed by atoms with E-state index in [1.807, 2.05) is 0 Å². The Bertz CT molecular complexity index is 586. The van der Waals surface area contributed by atoms with Gasteiger partial charge in [-0.05, 0) is 33.2 Å². The largest absolute Gasteiger partial charge is 0.463 e. The van der Waals surface area contributed by atoms with Gasteiger partial charge in [-0.1, -0.05) is 13.0 Å². The zero-order valence-electron chi connectivity index (χ0n) is 15.0. The molecule has 140 valence electrons. The molecule has 0 radical (unpaired) electrons. The number of nitrogens with zero attached hydrogens (tertiary/aromatic N) is 1. The summed E-state index contributed by atoms with van der Waals surface area (Å²) in [5.74, 6) is -2.19. The number of hydrogen-bond donors (Lipinski definition) is 2. The monoisotopic (exact) mass is 353 g/mol. The summed E-state index contributed by atoms with van der Waals surface area (Å²) in [5.41, 5.74) is -1.84. The van der Waals surface area contributed by atoms with E-state index >= 15 is 0 Å². The van der Waals surface area contributed by atoms with E-state index in [9.17, 15) is 19.8 Å². The smallest absolute Gasteiger partial charge is 0.338 e. The molecule has 0 aromatic carbocycles. The molecule has 3 aliphatic rings. The first-order valence-corrected chi connectivity index (χ1v) is 8.96. The van der Waals surface area contributed by atoms with E-state index in [0.717, 1.165) is 25.9 Å². The van der Waals surface area contributed by atoms with Crippen molar-refractivity contribution in [2.75, 3.05) is 19.7 Å². The molecule has 3 fully saturated rings. The van der Waals surface area contributed by atoms with Crippen molar-refractivity contribution in [3.8, 4) is 0 Å². The lowest BCUT2D eigenvalue weighted by Crippen LogP contribution is -2.50. The highest BCUT2D eigenvalue weighted by atomic mass is 16.6. The predicted octanol–water partition coefficient (Wildman–Crippen LogP) is 0.244. The number of cyclic esters (lactones) is 1. The molecule has 0 amide bonds. The summed E-state index contributed by atoms with van der Waals surface area (Å²) in [4.78, 5) is 27.3. The van der Waals surface area contributed by atoms with Gasteiger partial charge in [0.1, 0.15) is 6.10 Å². The molecule has 3 heterocycles. The Labute approximate surface area is 147 Å². The molecule has 7 nitrogen and oxygen atoms in total. The Hall–Kier alpha value is -1.44. The Morgan fingerprint density at radius 1 is 1.28 bits per heavy atom. The van der Waals surface area contributed by atoms with Crippen molar-refractivity contribution < 1.29 is 29.3 Å². The van der Waals surface area contributed by atoms with Gasteiger partial charge >= 0.3 is 11.9 Å². The van der Waals surface area contributed by atoms with Crippen LogP contribution in [0.3, 0.4) is 0 Å². The van der Waals surface area contributed by atoms with Crippen LogP contribution < -0.4 is 0 Å². The number of esters is 2. The number of carbonyl (C=O) groups excluding carboxylic acids is 2. The van der Waals surface area contributed by atoms with Crippen molar-refractivity contribution in [1.82, 2.24) is 4.90 Å². The van der Waals surface area contributed by atoms with Crippen molar-refractivity contribution >= 4 is 11.9 Å². The van der Waals surface area contributed by atoms with Crippen LogP contribution in [0.4, 0.5) is 0 Å². The van der Waals surface area contributed by atoms with Crippen LogP contribution >= 0.6 is 0 Å². The van der Waals surface area contributed by atoms with Crippen LogP contribution in [0, 0.1) is 11.8 Å². The van der Waals surface area contributed by atoms with Crippen molar-refractivity contribution in [3.05, 3.63) is 11.6 Å². The van der Waals surface area contributed by atoms with E-state index in [1.165, 1.54) is 19.9 Å². The highest BCUT2D eigenvalue weighted by molar-refractivity contribution is 5.90. The number of ether oxygens (including phenoxy) is 2. The van der Waals surface area contributed by atoms with Gasteiger partial charge < -0.3 is 19.7 Å². The van der Waals surface area contributed by atoms with Crippen LogP contribution in [0.25, 0.3) is 0 Å². The van der Waals surface area contributed by atoms with Crippen molar-refractivity contribution in [3.63, 3.8) is 0 Å². The molecule has 0 aliphatic carbocycles. The number of carbonyl (C=O) groups is 2. The zero-order chi connectivity index (χ0) is 18.4. The average molecular weight is 353 g/mol. The van der Waals surface area contributed by atoms with Crippen LogP contribution in [-0.2, 0) is 19.1 Å². The molecule has 3 saturated heterocycles. The minimum atomic E-state index is -1.90. The second-order valence-electron chi connectivity index (χ2n) is 7.53. The molecule has 25 heavy (non-hydrogen) atoms. The third-order valence-corrected chi connectivity index (χ3v) is 6.10. The van der Waals surface area contributed by atoms with Crippen LogP contribution in [-0.4, -0.2) is 70.6 Å². The highest BCUT2D eigenvalue weighted by Gasteiger charge is 2.49. The molecule has 7 heteroatoms. The first-order chi connectivity index (χ1) is 11.8. The fourth-order valence-corrected chi connectivity index (χ4v) is 4.23. The maximum absolute atomic E-state index is 12.6. The summed E-state index contributed by atoms with van der Waals surface area (Å²) >= 11 is 0. The third kappa shape index (κ3) is 3.09. The van der Waals surface area contributed by atoms with Gasteiger partial charge in [0.2, 0.25) is 0 Å². The summed E-state index contributed by atoms with van der Waals surface area (Å²) in [5, 5.41) is 21.2. The first kappa shape index (κ1) is 18.4. The highest BCUT2D eigenvalue weighted by Crippen LogP contribution is 2.37. The normalized spacial score (nSPS) is 44.7. The van der Waals surface area contributed by atoms with E-state index in [-0.39, 0.29) is 30.2 Å². The maximum atomic E-state index is 12.6. The van der Waals surface area contributed by atoms with E-state index in [0.29, 0.717) is 0 Å². The zero-order valence-corrected chi connectivity index (χ0v) is 15.0. The summed E-state index contributed by atoms with van der Waals surface area (Å²) in [6.45, 7) is 6.37. The second-order valence-corrected chi connectivity index (χ2v) is 7.53. The van der Waals surface area contributed by atoms with Gasteiger partial charge in [0.05, 0.1) is 24.3 Å². The van der Waals surface area contributed by atoms with E-state index in [1.54, 1.807) is 6.92 Å². The van der Waals surface area contributed by atoms with Gasteiger partial charge in [0.15, 0.2) is 5.60 Å². The molecule has 2 N–H and O–H groups in total. The first-order valence-electron chi connectivity index (χ1n) is 8.96. The van der Waals surface area contributed by atoms with E-state index in [2.05, 4.69) is 4.90 Å². The van der Waals surface area contributed by atoms with Gasteiger partial charge in [0, 0.05) is 18.4 Å². The van der Waals surface area contributed by atoms with E-state index in [4.69, 9.17) is 9.47 Å². The van der Waals surface area contributed by atoms with Gasteiger partial charge in [-0.2, -0.15) is 0 Å². The fourth-order valence-electron chi connectivity index (χ4n) is 4.23. The van der Waals surface area contributed by atoms with Gasteiger partial charge in [-0.25, -0.2) is 9.59 Å². The number of hydrogen-bond acceptors (Lipinski definition) is 7. The Kier molecular flexibility index (Phi) is 4.92. The SMILES string of the molecule is CC=C1C(=O)O[C@@H]2CCN3CC[C@H](COC(=O)[C@](C)(O)[C@H](C)[C@H]1O)[C@H]23. The van der Waals surface area contributed by atoms with E-state index < -0.39 is 29.6 Å². The quantitative estimate of drug-likeness (QED) is 0.476. The summed E-state index contributed by atoms with van der Waals surface area (Å²) in [6, 6.07) is 0.0220. The molecule has 0 bridgehead atoms. The van der Waals surface area contributed by atoms with Gasteiger partial charge in [-0.3, -0.25) is 4.90 Å². The van der Waals surface area contributed by atoms with Crippen molar-refractivity contribution in [1.29, 1.82) is 0 Å². The van der Waals surface area contributed by atoms with Crippen LogP contribution in [0.15, 0.2) is 11.6 Å². The third-order valence-electron chi connectivity index (χ3n) is 6.10. The van der Waals surface area contributed by atoms with Crippen LogP contribution in [0.5, 0.6) is 0 Å². The lowest BCUT2D eigenvalue weighted by molar-refractivity contribution is -0.176. The maximum Gasteiger partial charge on any atom is 0.338 e. The van der Waals surface area contributed by atoms with Crippen LogP contribution in [0.1, 0.15) is 33.6 Å². The Morgan fingerprint density at radius 2 is 1.96 bits per heavy atom. The van der Waals surface area contributed by atoms with Crippen molar-refractivity contribution in [2.24, 2.45) is 11.8 Å². The standard InChI is InChI=1S/C18H27NO6/c1-4-12-15(20)10(2)18(3,23)17(22)24-9-11-5-7-19-8-6-13(14(11)19)25-16(12)21/h4,10-11,13-15,20,23H,5-9H2,1-3H3/t10-,11-,13-,14-,15-,18-/m1/s1. The molecule has 0 saturated carbocycles. The lowest BCUT2D eigenvalue weighted by Gasteiger charge is -2.34. The molecule has 0 aromatic heterocycles. The number of aliphatic hydroxyl groups is 2. The molecule has 0 unspecified atom stereocenters. The number of aliphatic hydroxyl groups excluding tert-OH is 1. The average Bonchev–Trinajstić information content (AvgIpc) is 3.14.